The molecule has 0 spiro atoms. The molecule has 0 aliphatic heterocycles. The maximum absolute atomic E-state index is 4.13. The summed E-state index contributed by atoms with van der Waals surface area (Å²) in [5.74, 6) is 0. The van der Waals surface area contributed by atoms with Gasteiger partial charge in [-0.05, 0) is 38.7 Å². The standard InChI is InChI=1S/C9H14N2/c1-8-6-9(4-5-10-8)7-11(2)3/h4-6H,7H2,1-3H3. The average molecular weight is 150 g/mol. The van der Waals surface area contributed by atoms with Crippen LogP contribution in [0.2, 0.25) is 0 Å². The van der Waals surface area contributed by atoms with Crippen molar-refractivity contribution in [1.82, 2.24) is 9.88 Å². The highest BCUT2D eigenvalue weighted by Gasteiger charge is 1.94. The summed E-state index contributed by atoms with van der Waals surface area (Å²) in [6.07, 6.45) is 1.86. The zero-order valence-corrected chi connectivity index (χ0v) is 7.33. The highest BCUT2D eigenvalue weighted by Crippen LogP contribution is 2.02. The van der Waals surface area contributed by atoms with Gasteiger partial charge in [-0.1, -0.05) is 0 Å². The Bertz CT molecular complexity index is 231. The van der Waals surface area contributed by atoms with Gasteiger partial charge in [0.15, 0.2) is 0 Å². The summed E-state index contributed by atoms with van der Waals surface area (Å²) in [5, 5.41) is 0. The van der Waals surface area contributed by atoms with Crippen molar-refractivity contribution in [2.45, 2.75) is 13.5 Å². The number of hydrogen-bond donors (Lipinski definition) is 0. The molecule has 0 N–H and O–H groups in total. The van der Waals surface area contributed by atoms with E-state index in [-0.39, 0.29) is 0 Å². The van der Waals surface area contributed by atoms with E-state index in [1.807, 2.05) is 19.2 Å². The molecule has 1 heterocycles. The van der Waals surface area contributed by atoms with Crippen molar-refractivity contribution in [3.63, 3.8) is 0 Å². The van der Waals surface area contributed by atoms with Crippen molar-refractivity contribution in [1.29, 1.82) is 0 Å². The van der Waals surface area contributed by atoms with Crippen LogP contribution in [0.4, 0.5) is 0 Å². The lowest BCUT2D eigenvalue weighted by atomic mass is 10.2. The van der Waals surface area contributed by atoms with Gasteiger partial charge < -0.3 is 4.90 Å². The number of rotatable bonds is 2. The van der Waals surface area contributed by atoms with Crippen molar-refractivity contribution < 1.29 is 0 Å². The van der Waals surface area contributed by atoms with Crippen LogP contribution in [-0.4, -0.2) is 24.0 Å². The molecule has 0 aliphatic rings. The van der Waals surface area contributed by atoms with Crippen LogP contribution in [0.3, 0.4) is 0 Å². The summed E-state index contributed by atoms with van der Waals surface area (Å²) in [4.78, 5) is 6.28. The molecule has 1 aromatic rings. The smallest absolute Gasteiger partial charge is 0.0375 e. The van der Waals surface area contributed by atoms with Crippen LogP contribution in [0, 0.1) is 6.92 Å². The molecule has 0 amide bonds. The quantitative estimate of drug-likeness (QED) is 0.634. The molecule has 0 fully saturated rings. The number of pyridine rings is 1. The predicted molar refractivity (Wildman–Crippen MR) is 46.4 cm³/mol. The Kier molecular flexibility index (Phi) is 2.60. The van der Waals surface area contributed by atoms with Crippen LogP contribution in [0.15, 0.2) is 18.3 Å². The maximum atomic E-state index is 4.13. The molecule has 0 aliphatic carbocycles. The highest BCUT2D eigenvalue weighted by atomic mass is 15.0. The fraction of sp³-hybridized carbons (Fsp3) is 0.444. The predicted octanol–water partition coefficient (Wildman–Crippen LogP) is 1.45. The van der Waals surface area contributed by atoms with Crippen LogP contribution in [0.5, 0.6) is 0 Å². The topological polar surface area (TPSA) is 16.1 Å². The Morgan fingerprint density at radius 3 is 2.73 bits per heavy atom. The zero-order valence-electron chi connectivity index (χ0n) is 7.33. The van der Waals surface area contributed by atoms with E-state index < -0.39 is 0 Å². The van der Waals surface area contributed by atoms with E-state index in [0.717, 1.165) is 12.2 Å². The summed E-state index contributed by atoms with van der Waals surface area (Å²) in [6.45, 7) is 3.00. The average Bonchev–Trinajstić information content (AvgIpc) is 1.85. The molecule has 0 aromatic carbocycles. The Balaban J connectivity index is 2.71. The molecule has 1 aromatic heterocycles. The van der Waals surface area contributed by atoms with Gasteiger partial charge in [0.1, 0.15) is 0 Å². The fourth-order valence-electron chi connectivity index (χ4n) is 1.07. The van der Waals surface area contributed by atoms with E-state index in [2.05, 4.69) is 30.0 Å². The van der Waals surface area contributed by atoms with E-state index in [9.17, 15) is 0 Å². The van der Waals surface area contributed by atoms with Gasteiger partial charge in [-0.25, -0.2) is 0 Å². The molecule has 0 saturated heterocycles. The Morgan fingerprint density at radius 2 is 2.18 bits per heavy atom. The van der Waals surface area contributed by atoms with Gasteiger partial charge in [0, 0.05) is 18.4 Å². The Hall–Kier alpha value is -0.890. The van der Waals surface area contributed by atoms with Gasteiger partial charge in [0.05, 0.1) is 0 Å². The van der Waals surface area contributed by atoms with E-state index in [1.54, 1.807) is 0 Å². The molecule has 0 saturated carbocycles. The van der Waals surface area contributed by atoms with Crippen molar-refractivity contribution in [2.24, 2.45) is 0 Å². The van der Waals surface area contributed by atoms with Crippen LogP contribution < -0.4 is 0 Å². The first-order valence-electron chi connectivity index (χ1n) is 3.75. The molecule has 2 nitrogen and oxygen atoms in total. The lowest BCUT2D eigenvalue weighted by Gasteiger charge is -2.08. The molecule has 0 radical (unpaired) electrons. The van der Waals surface area contributed by atoms with Crippen LogP contribution >= 0.6 is 0 Å². The van der Waals surface area contributed by atoms with Gasteiger partial charge in [-0.15, -0.1) is 0 Å². The van der Waals surface area contributed by atoms with Crippen LogP contribution in [0.1, 0.15) is 11.3 Å². The van der Waals surface area contributed by atoms with Crippen LogP contribution in [-0.2, 0) is 6.54 Å². The van der Waals surface area contributed by atoms with E-state index in [1.165, 1.54) is 5.56 Å². The van der Waals surface area contributed by atoms with E-state index in [4.69, 9.17) is 0 Å². The third-order valence-electron chi connectivity index (χ3n) is 1.46. The molecule has 0 atom stereocenters. The lowest BCUT2D eigenvalue weighted by molar-refractivity contribution is 0.402. The maximum Gasteiger partial charge on any atom is 0.0375 e. The first kappa shape index (κ1) is 8.21. The number of hydrogen-bond acceptors (Lipinski definition) is 2. The van der Waals surface area contributed by atoms with Crippen molar-refractivity contribution in [3.8, 4) is 0 Å². The molecule has 60 valence electrons. The Labute approximate surface area is 67.9 Å². The van der Waals surface area contributed by atoms with Crippen LogP contribution in [0.25, 0.3) is 0 Å². The minimum Gasteiger partial charge on any atom is -0.305 e. The second-order valence-electron chi connectivity index (χ2n) is 3.04. The minimum absolute atomic E-state index is 0.989. The summed E-state index contributed by atoms with van der Waals surface area (Å²) in [6, 6.07) is 4.16. The number of nitrogens with zero attached hydrogens (tertiary/aromatic N) is 2. The summed E-state index contributed by atoms with van der Waals surface area (Å²) in [5.41, 5.74) is 2.41. The summed E-state index contributed by atoms with van der Waals surface area (Å²) in [7, 11) is 4.13. The van der Waals surface area contributed by atoms with E-state index in [0.29, 0.717) is 0 Å². The number of aryl methyl sites for hydroxylation is 1. The monoisotopic (exact) mass is 150 g/mol. The molecule has 0 bridgehead atoms. The van der Waals surface area contributed by atoms with Gasteiger partial charge in [-0.3, -0.25) is 4.98 Å². The molecule has 11 heavy (non-hydrogen) atoms. The SMILES string of the molecule is Cc1cc(CN(C)C)ccn1. The minimum atomic E-state index is 0.989. The molecular formula is C9H14N2. The second-order valence-corrected chi connectivity index (χ2v) is 3.04. The van der Waals surface area contributed by atoms with Gasteiger partial charge >= 0.3 is 0 Å². The summed E-state index contributed by atoms with van der Waals surface area (Å²) < 4.78 is 0. The van der Waals surface area contributed by atoms with Gasteiger partial charge in [0.2, 0.25) is 0 Å². The van der Waals surface area contributed by atoms with Gasteiger partial charge in [-0.2, -0.15) is 0 Å². The normalized spacial score (nSPS) is 10.5. The largest absolute Gasteiger partial charge is 0.305 e. The fourth-order valence-corrected chi connectivity index (χ4v) is 1.07. The summed E-state index contributed by atoms with van der Waals surface area (Å²) >= 11 is 0. The second kappa shape index (κ2) is 3.49. The molecule has 2 heteroatoms. The van der Waals surface area contributed by atoms with Crippen molar-refractivity contribution in [3.05, 3.63) is 29.6 Å². The first-order chi connectivity index (χ1) is 5.18. The van der Waals surface area contributed by atoms with Crippen molar-refractivity contribution in [2.75, 3.05) is 14.1 Å². The lowest BCUT2D eigenvalue weighted by Crippen LogP contribution is -2.10. The van der Waals surface area contributed by atoms with E-state index >= 15 is 0 Å². The van der Waals surface area contributed by atoms with Crippen molar-refractivity contribution >= 4 is 0 Å². The number of aromatic nitrogens is 1. The first-order valence-corrected chi connectivity index (χ1v) is 3.75. The molecule has 0 unspecified atom stereocenters. The highest BCUT2D eigenvalue weighted by molar-refractivity contribution is 5.14. The Morgan fingerprint density at radius 1 is 1.45 bits per heavy atom. The molecular weight excluding hydrogens is 136 g/mol. The molecule has 1 rings (SSSR count). The third-order valence-corrected chi connectivity index (χ3v) is 1.46. The third kappa shape index (κ3) is 2.68. The van der Waals surface area contributed by atoms with Gasteiger partial charge in [0.25, 0.3) is 0 Å². The zero-order chi connectivity index (χ0) is 8.27.